The van der Waals surface area contributed by atoms with Crippen LogP contribution in [0, 0.1) is 0 Å². The molecule has 0 aromatic heterocycles. The van der Waals surface area contributed by atoms with Gasteiger partial charge in [-0.3, -0.25) is 0 Å². The molecule has 1 aromatic carbocycles. The lowest BCUT2D eigenvalue weighted by molar-refractivity contribution is -0.0236. The number of epoxide rings is 1. The van der Waals surface area contributed by atoms with Crippen LogP contribution in [0.15, 0.2) is 24.3 Å². The second-order valence-corrected chi connectivity index (χ2v) is 3.42. The lowest BCUT2D eigenvalue weighted by Gasteiger charge is -2.09. The maximum Gasteiger partial charge on any atom is 0.253 e. The lowest BCUT2D eigenvalue weighted by Crippen LogP contribution is -2.27. The van der Waals surface area contributed by atoms with Crippen LogP contribution in [0.25, 0.3) is 0 Å². The van der Waals surface area contributed by atoms with Crippen molar-refractivity contribution in [3.8, 4) is 5.75 Å². The third-order valence-corrected chi connectivity index (χ3v) is 2.50. The van der Waals surface area contributed by atoms with Crippen LogP contribution in [-0.4, -0.2) is 34.8 Å². The zero-order valence-electron chi connectivity index (χ0n) is 8.17. The molecule has 1 aromatic rings. The van der Waals surface area contributed by atoms with E-state index in [0.29, 0.717) is 11.3 Å². The third kappa shape index (κ3) is 1.40. The SMILES string of the molecule is COc1ccc(C2(O)OC2(O)CO)cc1. The van der Waals surface area contributed by atoms with Gasteiger partial charge in [-0.25, -0.2) is 0 Å². The van der Waals surface area contributed by atoms with Crippen molar-refractivity contribution < 1.29 is 24.8 Å². The monoisotopic (exact) mass is 212 g/mol. The molecule has 1 aliphatic rings. The quantitative estimate of drug-likeness (QED) is 0.591. The number of hydrogen-bond donors (Lipinski definition) is 3. The molecular weight excluding hydrogens is 200 g/mol. The Labute approximate surface area is 86.5 Å². The molecule has 1 heterocycles. The molecule has 2 unspecified atom stereocenters. The Morgan fingerprint density at radius 2 is 1.87 bits per heavy atom. The van der Waals surface area contributed by atoms with Crippen LogP contribution in [0.2, 0.25) is 0 Å². The molecule has 15 heavy (non-hydrogen) atoms. The standard InChI is InChI=1S/C10H12O5/c1-14-8-4-2-7(3-5-8)10(13)9(12,6-11)15-10/h2-5,11-13H,6H2,1H3. The molecule has 1 saturated heterocycles. The highest BCUT2D eigenvalue weighted by Gasteiger charge is 2.70. The van der Waals surface area contributed by atoms with E-state index in [4.69, 9.17) is 14.6 Å². The van der Waals surface area contributed by atoms with Gasteiger partial charge in [0, 0.05) is 5.56 Å². The van der Waals surface area contributed by atoms with E-state index in [2.05, 4.69) is 0 Å². The smallest absolute Gasteiger partial charge is 0.253 e. The molecule has 5 nitrogen and oxygen atoms in total. The first-order valence-corrected chi connectivity index (χ1v) is 4.46. The van der Waals surface area contributed by atoms with Crippen LogP contribution >= 0.6 is 0 Å². The maximum atomic E-state index is 9.81. The van der Waals surface area contributed by atoms with Crippen LogP contribution < -0.4 is 4.74 Å². The summed E-state index contributed by atoms with van der Waals surface area (Å²) in [4.78, 5) is 0. The number of aliphatic hydroxyl groups is 3. The van der Waals surface area contributed by atoms with Gasteiger partial charge in [-0.15, -0.1) is 0 Å². The topological polar surface area (TPSA) is 82.5 Å². The highest BCUT2D eigenvalue weighted by Crippen LogP contribution is 2.51. The summed E-state index contributed by atoms with van der Waals surface area (Å²) >= 11 is 0. The van der Waals surface area contributed by atoms with Crippen molar-refractivity contribution >= 4 is 0 Å². The number of hydrogen-bond acceptors (Lipinski definition) is 5. The summed E-state index contributed by atoms with van der Waals surface area (Å²) in [6.45, 7) is -0.657. The Bertz CT molecular complexity index is 363. The summed E-state index contributed by atoms with van der Waals surface area (Å²) in [5.74, 6) is -3.06. The van der Waals surface area contributed by atoms with Crippen LogP contribution in [0.3, 0.4) is 0 Å². The minimum atomic E-state index is -1.89. The Balaban J connectivity index is 2.25. The molecule has 0 amide bonds. The Hall–Kier alpha value is -1.14. The van der Waals surface area contributed by atoms with Crippen molar-refractivity contribution in [2.24, 2.45) is 0 Å². The predicted molar refractivity (Wildman–Crippen MR) is 50.0 cm³/mol. The molecular formula is C10H12O5. The first-order valence-electron chi connectivity index (χ1n) is 4.46. The van der Waals surface area contributed by atoms with Crippen LogP contribution in [0.1, 0.15) is 5.56 Å². The van der Waals surface area contributed by atoms with Gasteiger partial charge in [0.1, 0.15) is 12.4 Å². The first-order chi connectivity index (χ1) is 7.05. The molecule has 2 atom stereocenters. The van der Waals surface area contributed by atoms with E-state index in [1.54, 1.807) is 24.3 Å². The van der Waals surface area contributed by atoms with Gasteiger partial charge >= 0.3 is 0 Å². The third-order valence-electron chi connectivity index (χ3n) is 2.50. The number of rotatable bonds is 3. The number of aliphatic hydroxyl groups excluding tert-OH is 1. The van der Waals surface area contributed by atoms with Crippen molar-refractivity contribution in [3.63, 3.8) is 0 Å². The fourth-order valence-corrected chi connectivity index (χ4v) is 1.46. The summed E-state index contributed by atoms with van der Waals surface area (Å²) < 4.78 is 9.67. The van der Waals surface area contributed by atoms with E-state index in [1.165, 1.54) is 7.11 Å². The van der Waals surface area contributed by atoms with Gasteiger partial charge in [-0.1, -0.05) is 0 Å². The Kier molecular flexibility index (Phi) is 2.20. The molecule has 0 saturated carbocycles. The van der Waals surface area contributed by atoms with Gasteiger partial charge in [-0.05, 0) is 24.3 Å². The van der Waals surface area contributed by atoms with Crippen molar-refractivity contribution in [2.75, 3.05) is 13.7 Å². The molecule has 2 rings (SSSR count). The molecule has 0 radical (unpaired) electrons. The second kappa shape index (κ2) is 3.18. The minimum Gasteiger partial charge on any atom is -0.497 e. The van der Waals surface area contributed by atoms with E-state index in [9.17, 15) is 10.2 Å². The summed E-state index contributed by atoms with van der Waals surface area (Å²) in [5, 5.41) is 28.1. The Morgan fingerprint density at radius 1 is 1.27 bits per heavy atom. The van der Waals surface area contributed by atoms with Gasteiger partial charge in [0.25, 0.3) is 11.6 Å². The van der Waals surface area contributed by atoms with Gasteiger partial charge < -0.3 is 24.8 Å². The van der Waals surface area contributed by atoms with Gasteiger partial charge in [-0.2, -0.15) is 0 Å². The Morgan fingerprint density at radius 3 is 2.27 bits per heavy atom. The summed E-state index contributed by atoms with van der Waals surface area (Å²) in [5.41, 5.74) is 0.375. The van der Waals surface area contributed by atoms with Gasteiger partial charge in [0.05, 0.1) is 7.11 Å². The summed E-state index contributed by atoms with van der Waals surface area (Å²) in [7, 11) is 1.53. The maximum absolute atomic E-state index is 9.81. The fourth-order valence-electron chi connectivity index (χ4n) is 1.46. The zero-order valence-corrected chi connectivity index (χ0v) is 8.17. The molecule has 3 N–H and O–H groups in total. The molecule has 0 aliphatic carbocycles. The average Bonchev–Trinajstić information content (AvgIpc) is 2.84. The highest BCUT2D eigenvalue weighted by molar-refractivity contribution is 5.33. The number of benzene rings is 1. The number of ether oxygens (including phenoxy) is 2. The number of methoxy groups -OCH3 is 1. The van der Waals surface area contributed by atoms with E-state index < -0.39 is 18.2 Å². The predicted octanol–water partition coefficient (Wildman–Crippen LogP) is -0.449. The van der Waals surface area contributed by atoms with Crippen molar-refractivity contribution in [1.29, 1.82) is 0 Å². The van der Waals surface area contributed by atoms with E-state index in [-0.39, 0.29) is 0 Å². The van der Waals surface area contributed by atoms with Crippen LogP contribution in [-0.2, 0) is 10.5 Å². The zero-order chi connectivity index (χ0) is 11.1. The molecule has 82 valence electrons. The highest BCUT2D eigenvalue weighted by atomic mass is 16.8. The first kappa shape index (κ1) is 10.4. The van der Waals surface area contributed by atoms with E-state index in [0.717, 1.165) is 0 Å². The summed E-state index contributed by atoms with van der Waals surface area (Å²) in [6.07, 6.45) is 0. The van der Waals surface area contributed by atoms with Crippen LogP contribution in [0.4, 0.5) is 0 Å². The van der Waals surface area contributed by atoms with Crippen molar-refractivity contribution in [1.82, 2.24) is 0 Å². The van der Waals surface area contributed by atoms with Crippen molar-refractivity contribution in [3.05, 3.63) is 29.8 Å². The average molecular weight is 212 g/mol. The minimum absolute atomic E-state index is 0.375. The lowest BCUT2D eigenvalue weighted by atomic mass is 10.0. The van der Waals surface area contributed by atoms with E-state index >= 15 is 0 Å². The van der Waals surface area contributed by atoms with Gasteiger partial charge in [0.15, 0.2) is 0 Å². The fraction of sp³-hybridized carbons (Fsp3) is 0.400. The summed E-state index contributed by atoms with van der Waals surface area (Å²) in [6, 6.07) is 6.39. The molecule has 1 aliphatic heterocycles. The molecule has 5 heteroatoms. The van der Waals surface area contributed by atoms with Gasteiger partial charge in [0.2, 0.25) is 0 Å². The molecule has 1 fully saturated rings. The van der Waals surface area contributed by atoms with Crippen molar-refractivity contribution in [2.45, 2.75) is 11.6 Å². The molecule has 0 bridgehead atoms. The normalized spacial score (nSPS) is 33.9. The van der Waals surface area contributed by atoms with Crippen LogP contribution in [0.5, 0.6) is 5.75 Å². The second-order valence-electron chi connectivity index (χ2n) is 3.42. The van der Waals surface area contributed by atoms with E-state index in [1.807, 2.05) is 0 Å². The largest absolute Gasteiger partial charge is 0.497 e. The molecule has 0 spiro atoms.